The van der Waals surface area contributed by atoms with Crippen molar-refractivity contribution < 1.29 is 9.53 Å². The predicted molar refractivity (Wildman–Crippen MR) is 125 cm³/mol. The Labute approximate surface area is 192 Å². The fraction of sp³-hybridized carbons (Fsp3) is 0.130. The quantitative estimate of drug-likeness (QED) is 0.314. The summed E-state index contributed by atoms with van der Waals surface area (Å²) in [5.41, 5.74) is 3.03. The van der Waals surface area contributed by atoms with Gasteiger partial charge in [-0.25, -0.2) is 4.79 Å². The van der Waals surface area contributed by atoms with Crippen molar-refractivity contribution in [2.45, 2.75) is 19.6 Å². The van der Waals surface area contributed by atoms with Gasteiger partial charge in [0.25, 0.3) is 0 Å². The molecule has 2 heterocycles. The first kappa shape index (κ1) is 19.7. The van der Waals surface area contributed by atoms with Crippen LogP contribution in [0.2, 0.25) is 0 Å². The zero-order valence-corrected chi connectivity index (χ0v) is 18.8. The topological polar surface area (TPSA) is 81.9 Å². The molecule has 0 bridgehead atoms. The van der Waals surface area contributed by atoms with Gasteiger partial charge in [0.1, 0.15) is 12.6 Å². The fourth-order valence-corrected chi connectivity index (χ4v) is 4.22. The molecule has 4 aromatic rings. The van der Waals surface area contributed by atoms with Crippen molar-refractivity contribution in [1.29, 1.82) is 0 Å². The van der Waals surface area contributed by atoms with E-state index in [9.17, 15) is 4.79 Å². The molecule has 5 rings (SSSR count). The summed E-state index contributed by atoms with van der Waals surface area (Å²) in [4.78, 5) is 13.3. The van der Waals surface area contributed by atoms with Crippen LogP contribution < -0.4 is 5.32 Å². The number of tetrazole rings is 1. The summed E-state index contributed by atoms with van der Waals surface area (Å²) in [6.45, 7) is 2.04. The number of hydrogen-bond donors (Lipinski definition) is 1. The van der Waals surface area contributed by atoms with Crippen LogP contribution in [-0.4, -0.2) is 26.2 Å². The van der Waals surface area contributed by atoms with Crippen LogP contribution in [0.3, 0.4) is 0 Å². The van der Waals surface area contributed by atoms with Crippen LogP contribution in [0, 0.1) is 3.57 Å². The van der Waals surface area contributed by atoms with E-state index in [0.717, 1.165) is 25.5 Å². The minimum Gasteiger partial charge on any atom is -0.457 e. The van der Waals surface area contributed by atoms with Crippen LogP contribution in [0.25, 0.3) is 10.8 Å². The lowest BCUT2D eigenvalue weighted by molar-refractivity contribution is -0.140. The van der Waals surface area contributed by atoms with Gasteiger partial charge in [-0.3, -0.25) is 0 Å². The molecule has 1 aliphatic heterocycles. The van der Waals surface area contributed by atoms with Crippen molar-refractivity contribution in [3.63, 3.8) is 0 Å². The monoisotopic (exact) mass is 523 g/mol. The van der Waals surface area contributed by atoms with Crippen LogP contribution >= 0.6 is 22.6 Å². The normalized spacial score (nSPS) is 15.5. The molecule has 1 aliphatic rings. The highest BCUT2D eigenvalue weighted by molar-refractivity contribution is 14.1. The van der Waals surface area contributed by atoms with E-state index < -0.39 is 12.0 Å². The molecule has 1 N–H and O–H groups in total. The third-order valence-electron chi connectivity index (χ3n) is 5.34. The van der Waals surface area contributed by atoms with Gasteiger partial charge in [0, 0.05) is 9.27 Å². The lowest BCUT2D eigenvalue weighted by Gasteiger charge is -2.28. The van der Waals surface area contributed by atoms with Crippen molar-refractivity contribution in [2.75, 3.05) is 5.32 Å². The lowest BCUT2D eigenvalue weighted by Crippen LogP contribution is -2.29. The number of halogens is 1. The summed E-state index contributed by atoms with van der Waals surface area (Å²) in [7, 11) is 0. The molecular weight excluding hydrogens is 505 g/mol. The van der Waals surface area contributed by atoms with Gasteiger partial charge in [-0.05, 0) is 74.0 Å². The first-order chi connectivity index (χ1) is 15.1. The Balaban J connectivity index is 1.55. The van der Waals surface area contributed by atoms with Gasteiger partial charge in [0.15, 0.2) is 0 Å². The highest BCUT2D eigenvalue weighted by Crippen LogP contribution is 2.38. The molecule has 7 nitrogen and oxygen atoms in total. The standard InChI is InChI=1S/C23H18IN5O2/c1-14-20(22(30)31-13-15-9-11-17(24)12-10-15)21(29-23(25-14)26-27-28-29)19-8-4-6-16-5-2-3-7-18(16)19/h2-12,21H,13H2,1H3,(H,25,26,28). The highest BCUT2D eigenvalue weighted by Gasteiger charge is 2.35. The van der Waals surface area contributed by atoms with E-state index in [2.05, 4.69) is 43.4 Å². The van der Waals surface area contributed by atoms with Crippen LogP contribution in [0.4, 0.5) is 5.95 Å². The number of fused-ring (bicyclic) bond motifs is 2. The smallest absolute Gasteiger partial charge is 0.338 e. The van der Waals surface area contributed by atoms with Gasteiger partial charge in [0.05, 0.1) is 5.57 Å². The molecule has 0 radical (unpaired) electrons. The molecular formula is C23H18IN5O2. The Morgan fingerprint density at radius 2 is 1.87 bits per heavy atom. The number of ether oxygens (including phenoxy) is 1. The lowest BCUT2D eigenvalue weighted by atomic mass is 9.91. The van der Waals surface area contributed by atoms with Crippen LogP contribution in [0.1, 0.15) is 24.1 Å². The first-order valence-corrected chi connectivity index (χ1v) is 10.8. The van der Waals surface area contributed by atoms with Gasteiger partial charge < -0.3 is 10.1 Å². The molecule has 0 spiro atoms. The van der Waals surface area contributed by atoms with Gasteiger partial charge >= 0.3 is 5.97 Å². The van der Waals surface area contributed by atoms with Crippen molar-refractivity contribution in [2.24, 2.45) is 0 Å². The zero-order valence-electron chi connectivity index (χ0n) is 16.6. The minimum absolute atomic E-state index is 0.192. The maximum atomic E-state index is 13.3. The van der Waals surface area contributed by atoms with Gasteiger partial charge in [-0.2, -0.15) is 4.68 Å². The number of allylic oxidation sites excluding steroid dienone is 1. The second kappa shape index (κ2) is 8.10. The number of nitrogens with one attached hydrogen (secondary N) is 1. The summed E-state index contributed by atoms with van der Waals surface area (Å²) in [5, 5.41) is 17.3. The Kier molecular flexibility index (Phi) is 5.14. The van der Waals surface area contributed by atoms with E-state index in [1.54, 1.807) is 4.68 Å². The number of carbonyl (C=O) groups is 1. The van der Waals surface area contributed by atoms with Crippen LogP contribution in [-0.2, 0) is 16.1 Å². The highest BCUT2D eigenvalue weighted by atomic mass is 127. The summed E-state index contributed by atoms with van der Waals surface area (Å²) < 4.78 is 8.48. The minimum atomic E-state index is -0.499. The molecule has 154 valence electrons. The number of nitrogens with zero attached hydrogens (tertiary/aromatic N) is 4. The van der Waals surface area contributed by atoms with E-state index in [4.69, 9.17) is 4.74 Å². The summed E-state index contributed by atoms with van der Waals surface area (Å²) in [5.74, 6) is 0.0900. The molecule has 1 aromatic heterocycles. The molecule has 0 saturated heterocycles. The van der Waals surface area contributed by atoms with Crippen LogP contribution in [0.5, 0.6) is 0 Å². The van der Waals surface area contributed by atoms with E-state index in [1.165, 1.54) is 0 Å². The Morgan fingerprint density at radius 3 is 2.71 bits per heavy atom. The maximum absolute atomic E-state index is 13.3. The number of benzene rings is 3. The average molecular weight is 523 g/mol. The largest absolute Gasteiger partial charge is 0.457 e. The van der Waals surface area contributed by atoms with Crippen molar-refractivity contribution >= 4 is 45.3 Å². The Morgan fingerprint density at radius 1 is 1.10 bits per heavy atom. The molecule has 1 atom stereocenters. The van der Waals surface area contributed by atoms with Gasteiger partial charge in [-0.1, -0.05) is 59.7 Å². The number of carbonyl (C=O) groups excluding carboxylic acids is 1. The summed E-state index contributed by atoms with van der Waals surface area (Å²) in [6.07, 6.45) is 0. The van der Waals surface area contributed by atoms with Crippen molar-refractivity contribution in [3.8, 4) is 0 Å². The number of esters is 1. The first-order valence-electron chi connectivity index (χ1n) is 9.76. The van der Waals surface area contributed by atoms with Crippen molar-refractivity contribution in [1.82, 2.24) is 20.2 Å². The van der Waals surface area contributed by atoms with Crippen molar-refractivity contribution in [3.05, 3.63) is 92.7 Å². The van der Waals surface area contributed by atoms with E-state index in [1.807, 2.05) is 73.7 Å². The average Bonchev–Trinajstić information content (AvgIpc) is 3.25. The third-order valence-corrected chi connectivity index (χ3v) is 6.05. The van der Waals surface area contributed by atoms with E-state index >= 15 is 0 Å². The number of aromatic nitrogens is 4. The molecule has 0 amide bonds. The Hall–Kier alpha value is -3.27. The van der Waals surface area contributed by atoms with Gasteiger partial charge in [0.2, 0.25) is 5.95 Å². The molecule has 0 aliphatic carbocycles. The number of hydrogen-bond acceptors (Lipinski definition) is 6. The predicted octanol–water partition coefficient (Wildman–Crippen LogP) is 4.46. The van der Waals surface area contributed by atoms with Gasteiger partial charge in [-0.15, -0.1) is 0 Å². The molecule has 0 saturated carbocycles. The number of anilines is 1. The second-order valence-electron chi connectivity index (χ2n) is 7.28. The van der Waals surface area contributed by atoms with E-state index in [0.29, 0.717) is 17.2 Å². The SMILES string of the molecule is CC1=C(C(=O)OCc2ccc(I)cc2)C(c2cccc3ccccc23)n2nnnc2N1. The maximum Gasteiger partial charge on any atom is 0.338 e. The fourth-order valence-electron chi connectivity index (χ4n) is 3.86. The molecule has 31 heavy (non-hydrogen) atoms. The van der Waals surface area contributed by atoms with E-state index in [-0.39, 0.29) is 6.61 Å². The molecule has 3 aromatic carbocycles. The zero-order chi connectivity index (χ0) is 21.4. The molecule has 1 unspecified atom stereocenters. The summed E-state index contributed by atoms with van der Waals surface area (Å²) in [6, 6.07) is 21.5. The number of rotatable bonds is 4. The Bertz CT molecular complexity index is 1310. The summed E-state index contributed by atoms with van der Waals surface area (Å²) >= 11 is 2.25. The second-order valence-corrected chi connectivity index (χ2v) is 8.53. The molecule has 0 fully saturated rings. The van der Waals surface area contributed by atoms with Crippen LogP contribution in [0.15, 0.2) is 78.0 Å². The third kappa shape index (κ3) is 3.67. The molecule has 8 heteroatoms.